The van der Waals surface area contributed by atoms with E-state index in [0.29, 0.717) is 5.56 Å². The number of nitrogens with two attached hydrogens (primary N) is 2. The van der Waals surface area contributed by atoms with Crippen molar-refractivity contribution in [1.82, 2.24) is 0 Å². The van der Waals surface area contributed by atoms with Gasteiger partial charge in [0.25, 0.3) is 0 Å². The van der Waals surface area contributed by atoms with Crippen LogP contribution in [-0.4, -0.2) is 11.1 Å². The van der Waals surface area contributed by atoms with Crippen molar-refractivity contribution < 1.29 is 9.50 Å². The van der Waals surface area contributed by atoms with Gasteiger partial charge >= 0.3 is 0 Å². The van der Waals surface area contributed by atoms with Gasteiger partial charge in [0.1, 0.15) is 5.82 Å². The predicted octanol–water partition coefficient (Wildman–Crippen LogP) is 0.789. The summed E-state index contributed by atoms with van der Waals surface area (Å²) in [6.45, 7) is 1.63. The molecule has 0 bridgehead atoms. The van der Waals surface area contributed by atoms with E-state index < -0.39 is 18.0 Å². The number of para-hydroxylation sites is 1. The van der Waals surface area contributed by atoms with Gasteiger partial charge < -0.3 is 16.6 Å². The van der Waals surface area contributed by atoms with E-state index in [0.717, 1.165) is 0 Å². The second-order valence-corrected chi connectivity index (χ2v) is 3.05. The van der Waals surface area contributed by atoms with Crippen molar-refractivity contribution in [3.8, 4) is 0 Å². The van der Waals surface area contributed by atoms with Crippen LogP contribution in [0.5, 0.6) is 0 Å². The minimum absolute atomic E-state index is 0.0349. The molecule has 0 fully saturated rings. The molecule has 0 unspecified atom stereocenters. The molecule has 4 heteroatoms. The molecule has 72 valence electrons. The van der Waals surface area contributed by atoms with Crippen molar-refractivity contribution in [2.24, 2.45) is 5.73 Å². The molecule has 0 heterocycles. The maximum Gasteiger partial charge on any atom is 0.146 e. The molecule has 2 atom stereocenters. The van der Waals surface area contributed by atoms with Gasteiger partial charge in [-0.15, -0.1) is 0 Å². The molecular formula is C9H13FN2O. The van der Waals surface area contributed by atoms with Crippen molar-refractivity contribution in [1.29, 1.82) is 0 Å². The van der Waals surface area contributed by atoms with E-state index in [9.17, 15) is 9.50 Å². The van der Waals surface area contributed by atoms with Gasteiger partial charge in [0.15, 0.2) is 0 Å². The highest BCUT2D eigenvalue weighted by Crippen LogP contribution is 2.24. The molecule has 5 N–H and O–H groups in total. The first-order valence-electron chi connectivity index (χ1n) is 4.01. The average Bonchev–Trinajstić information content (AvgIpc) is 2.08. The Balaban J connectivity index is 3.07. The minimum atomic E-state index is -0.921. The van der Waals surface area contributed by atoms with Gasteiger partial charge in [-0.2, -0.15) is 0 Å². The zero-order valence-corrected chi connectivity index (χ0v) is 7.37. The molecule has 0 aliphatic rings. The molecule has 13 heavy (non-hydrogen) atoms. The largest absolute Gasteiger partial charge is 0.396 e. The molecule has 0 aliphatic heterocycles. The molecule has 0 spiro atoms. The van der Waals surface area contributed by atoms with E-state index in [4.69, 9.17) is 11.5 Å². The van der Waals surface area contributed by atoms with Crippen LogP contribution in [0.2, 0.25) is 0 Å². The summed E-state index contributed by atoms with van der Waals surface area (Å²) in [5.74, 6) is -0.530. The van der Waals surface area contributed by atoms with Crippen LogP contribution in [0.4, 0.5) is 10.1 Å². The van der Waals surface area contributed by atoms with Crippen LogP contribution in [0.15, 0.2) is 18.2 Å². The zero-order chi connectivity index (χ0) is 10.0. The molecule has 3 nitrogen and oxygen atoms in total. The second-order valence-electron chi connectivity index (χ2n) is 3.05. The number of benzene rings is 1. The van der Waals surface area contributed by atoms with Gasteiger partial charge in [0, 0.05) is 11.6 Å². The number of halogens is 1. The Hall–Kier alpha value is -1.13. The molecule has 0 amide bonds. The second kappa shape index (κ2) is 3.72. The number of aliphatic hydroxyl groups is 1. The monoisotopic (exact) mass is 184 g/mol. The van der Waals surface area contributed by atoms with Crippen LogP contribution in [0.25, 0.3) is 0 Å². The van der Waals surface area contributed by atoms with Crippen LogP contribution in [0.3, 0.4) is 0 Å². The quantitative estimate of drug-likeness (QED) is 0.595. The molecule has 1 aromatic carbocycles. The normalized spacial score (nSPS) is 15.4. The van der Waals surface area contributed by atoms with E-state index in [-0.39, 0.29) is 5.69 Å². The van der Waals surface area contributed by atoms with Crippen LogP contribution in [0.1, 0.15) is 18.6 Å². The first-order chi connectivity index (χ1) is 6.04. The summed E-state index contributed by atoms with van der Waals surface area (Å²) < 4.78 is 12.9. The highest BCUT2D eigenvalue weighted by Gasteiger charge is 2.16. The SMILES string of the molecule is C[C@@H](N)[C@@H](O)c1cccc(F)c1N. The fourth-order valence-corrected chi connectivity index (χ4v) is 1.09. The van der Waals surface area contributed by atoms with Gasteiger partial charge in [-0.25, -0.2) is 4.39 Å². The highest BCUT2D eigenvalue weighted by molar-refractivity contribution is 5.49. The van der Waals surface area contributed by atoms with Gasteiger partial charge in [-0.3, -0.25) is 0 Å². The Morgan fingerprint density at radius 1 is 1.46 bits per heavy atom. The third-order valence-corrected chi connectivity index (χ3v) is 1.90. The predicted molar refractivity (Wildman–Crippen MR) is 49.4 cm³/mol. The summed E-state index contributed by atoms with van der Waals surface area (Å²) in [5, 5.41) is 9.53. The van der Waals surface area contributed by atoms with Crippen molar-refractivity contribution in [3.63, 3.8) is 0 Å². The summed E-state index contributed by atoms with van der Waals surface area (Å²) in [4.78, 5) is 0. The molecule has 0 saturated carbocycles. The van der Waals surface area contributed by atoms with Crippen LogP contribution in [0, 0.1) is 5.82 Å². The highest BCUT2D eigenvalue weighted by atomic mass is 19.1. The van der Waals surface area contributed by atoms with Crippen LogP contribution >= 0.6 is 0 Å². The third-order valence-electron chi connectivity index (χ3n) is 1.90. The number of nitrogen functional groups attached to an aromatic ring is 1. The van der Waals surface area contributed by atoms with E-state index in [1.807, 2.05) is 0 Å². The Bertz CT molecular complexity index is 302. The topological polar surface area (TPSA) is 72.3 Å². The fraction of sp³-hybridized carbons (Fsp3) is 0.333. The Labute approximate surface area is 76.2 Å². The number of anilines is 1. The van der Waals surface area contributed by atoms with E-state index >= 15 is 0 Å². The number of hydrogen-bond acceptors (Lipinski definition) is 3. The number of hydrogen-bond donors (Lipinski definition) is 3. The molecule has 0 radical (unpaired) electrons. The van der Waals surface area contributed by atoms with Crippen molar-refractivity contribution in [3.05, 3.63) is 29.6 Å². The summed E-state index contributed by atoms with van der Waals surface area (Å²) in [6.07, 6.45) is -0.921. The van der Waals surface area contributed by atoms with E-state index in [1.54, 1.807) is 13.0 Å². The first-order valence-corrected chi connectivity index (χ1v) is 4.01. The standard InChI is InChI=1S/C9H13FN2O/c1-5(11)9(13)6-3-2-4-7(10)8(6)12/h2-5,9,13H,11-12H2,1H3/t5-,9-/m1/s1. The molecule has 1 rings (SSSR count). The Morgan fingerprint density at radius 2 is 2.08 bits per heavy atom. The summed E-state index contributed by atoms with van der Waals surface area (Å²) in [5.41, 5.74) is 11.2. The van der Waals surface area contributed by atoms with Crippen molar-refractivity contribution >= 4 is 5.69 Å². The lowest BCUT2D eigenvalue weighted by Crippen LogP contribution is -2.25. The van der Waals surface area contributed by atoms with Crippen molar-refractivity contribution in [2.45, 2.75) is 19.1 Å². The molecule has 0 saturated heterocycles. The number of rotatable bonds is 2. The molecule has 0 aliphatic carbocycles. The molecule has 1 aromatic rings. The summed E-state index contributed by atoms with van der Waals surface area (Å²) >= 11 is 0. The smallest absolute Gasteiger partial charge is 0.146 e. The average molecular weight is 184 g/mol. The molecular weight excluding hydrogens is 171 g/mol. The maximum atomic E-state index is 12.9. The minimum Gasteiger partial charge on any atom is -0.396 e. The zero-order valence-electron chi connectivity index (χ0n) is 7.37. The first kappa shape index (κ1) is 9.95. The van der Waals surface area contributed by atoms with E-state index in [1.165, 1.54) is 12.1 Å². The maximum absolute atomic E-state index is 12.9. The summed E-state index contributed by atoms with van der Waals surface area (Å²) in [6, 6.07) is 3.83. The van der Waals surface area contributed by atoms with Crippen molar-refractivity contribution in [2.75, 3.05) is 5.73 Å². The van der Waals surface area contributed by atoms with Crippen LogP contribution in [-0.2, 0) is 0 Å². The lowest BCUT2D eigenvalue weighted by molar-refractivity contribution is 0.154. The fourth-order valence-electron chi connectivity index (χ4n) is 1.09. The Kier molecular flexibility index (Phi) is 2.85. The lowest BCUT2D eigenvalue weighted by Gasteiger charge is -2.16. The van der Waals surface area contributed by atoms with Gasteiger partial charge in [0.2, 0.25) is 0 Å². The van der Waals surface area contributed by atoms with Gasteiger partial charge in [-0.05, 0) is 13.0 Å². The van der Waals surface area contributed by atoms with E-state index in [2.05, 4.69) is 0 Å². The number of aliphatic hydroxyl groups excluding tert-OH is 1. The van der Waals surface area contributed by atoms with Gasteiger partial charge in [0.05, 0.1) is 11.8 Å². The lowest BCUT2D eigenvalue weighted by atomic mass is 10.0. The third kappa shape index (κ3) is 1.96. The Morgan fingerprint density at radius 3 is 2.62 bits per heavy atom. The van der Waals surface area contributed by atoms with Crippen LogP contribution < -0.4 is 11.5 Å². The summed E-state index contributed by atoms with van der Waals surface area (Å²) in [7, 11) is 0. The molecule has 0 aromatic heterocycles. The van der Waals surface area contributed by atoms with Gasteiger partial charge in [-0.1, -0.05) is 12.1 Å².